The van der Waals surface area contributed by atoms with Gasteiger partial charge in [0.2, 0.25) is 0 Å². The zero-order valence-corrected chi connectivity index (χ0v) is 12.1. The number of amides is 1. The fraction of sp³-hybridized carbons (Fsp3) is 0.250. The quantitative estimate of drug-likeness (QED) is 0.931. The Hall–Kier alpha value is -2.20. The Morgan fingerprint density at radius 3 is 2.70 bits per heavy atom. The lowest BCUT2D eigenvalue weighted by Crippen LogP contribution is -2.28. The van der Waals surface area contributed by atoms with E-state index in [0.717, 1.165) is 22.4 Å². The molecule has 0 saturated heterocycles. The third-order valence-electron chi connectivity index (χ3n) is 3.31. The third kappa shape index (κ3) is 2.86. The van der Waals surface area contributed by atoms with E-state index in [2.05, 4.69) is 4.98 Å². The summed E-state index contributed by atoms with van der Waals surface area (Å²) in [6.45, 7) is 4.40. The van der Waals surface area contributed by atoms with E-state index in [1.54, 1.807) is 24.2 Å². The average molecular weight is 269 g/mol. The Labute approximate surface area is 119 Å². The van der Waals surface area contributed by atoms with Gasteiger partial charge in [0, 0.05) is 25.5 Å². The number of rotatable bonds is 3. The van der Waals surface area contributed by atoms with Crippen LogP contribution in [0, 0.1) is 13.8 Å². The Balaban J connectivity index is 2.34. The second kappa shape index (κ2) is 5.84. The van der Waals surface area contributed by atoms with E-state index in [1.165, 1.54) is 0 Å². The van der Waals surface area contributed by atoms with Crippen LogP contribution in [0.15, 0.2) is 36.5 Å². The topological polar surface area (TPSA) is 59.2 Å². The van der Waals surface area contributed by atoms with Crippen LogP contribution in [0.5, 0.6) is 0 Å². The van der Waals surface area contributed by atoms with Gasteiger partial charge >= 0.3 is 0 Å². The predicted octanol–water partition coefficient (Wildman–Crippen LogP) is 2.43. The van der Waals surface area contributed by atoms with Gasteiger partial charge in [0.15, 0.2) is 0 Å². The maximum Gasteiger partial charge on any atom is 0.276 e. The molecule has 0 unspecified atom stereocenters. The number of pyridine rings is 1. The van der Waals surface area contributed by atoms with E-state index in [0.29, 0.717) is 12.2 Å². The SMILES string of the molecule is Cc1ccc(C)c(N(C)C(=O)c2cc(CN)ccn2)c1. The number of carbonyl (C=O) groups is 1. The largest absolute Gasteiger partial charge is 0.326 e. The van der Waals surface area contributed by atoms with Gasteiger partial charge in [-0.1, -0.05) is 12.1 Å². The Morgan fingerprint density at radius 2 is 2.00 bits per heavy atom. The standard InChI is InChI=1S/C16H19N3O/c1-11-4-5-12(2)15(8-11)19(3)16(20)14-9-13(10-17)6-7-18-14/h4-9H,10,17H2,1-3H3. The molecule has 104 valence electrons. The molecule has 1 amide bonds. The van der Waals surface area contributed by atoms with Crippen molar-refractivity contribution in [2.45, 2.75) is 20.4 Å². The van der Waals surface area contributed by atoms with E-state index in [9.17, 15) is 4.79 Å². The molecule has 0 aliphatic heterocycles. The molecule has 1 aromatic heterocycles. The molecule has 1 aromatic carbocycles. The van der Waals surface area contributed by atoms with Crippen LogP contribution in [0.4, 0.5) is 5.69 Å². The van der Waals surface area contributed by atoms with E-state index < -0.39 is 0 Å². The predicted molar refractivity (Wildman–Crippen MR) is 80.8 cm³/mol. The summed E-state index contributed by atoms with van der Waals surface area (Å²) in [6.07, 6.45) is 1.62. The van der Waals surface area contributed by atoms with Gasteiger partial charge in [0.05, 0.1) is 0 Å². The summed E-state index contributed by atoms with van der Waals surface area (Å²) >= 11 is 0. The number of hydrogen-bond donors (Lipinski definition) is 1. The first kappa shape index (κ1) is 14.2. The highest BCUT2D eigenvalue weighted by molar-refractivity contribution is 6.04. The van der Waals surface area contributed by atoms with Gasteiger partial charge in [-0.2, -0.15) is 0 Å². The first-order chi connectivity index (χ1) is 9.52. The zero-order valence-electron chi connectivity index (χ0n) is 12.1. The zero-order chi connectivity index (χ0) is 14.7. The lowest BCUT2D eigenvalue weighted by molar-refractivity contribution is 0.0988. The number of nitrogens with zero attached hydrogens (tertiary/aromatic N) is 2. The summed E-state index contributed by atoms with van der Waals surface area (Å²) in [7, 11) is 1.76. The van der Waals surface area contributed by atoms with Crippen molar-refractivity contribution in [1.82, 2.24) is 4.98 Å². The average Bonchev–Trinajstić information content (AvgIpc) is 2.48. The van der Waals surface area contributed by atoms with E-state index in [-0.39, 0.29) is 5.91 Å². The molecule has 2 rings (SSSR count). The van der Waals surface area contributed by atoms with Gasteiger partial charge in [-0.3, -0.25) is 9.78 Å². The fourth-order valence-electron chi connectivity index (χ4n) is 2.08. The van der Waals surface area contributed by atoms with Gasteiger partial charge in [-0.05, 0) is 48.7 Å². The molecule has 0 aliphatic carbocycles. The highest BCUT2D eigenvalue weighted by atomic mass is 16.2. The number of anilines is 1. The van der Waals surface area contributed by atoms with Crippen molar-refractivity contribution in [2.75, 3.05) is 11.9 Å². The number of carbonyl (C=O) groups excluding carboxylic acids is 1. The minimum absolute atomic E-state index is 0.131. The van der Waals surface area contributed by atoms with Crippen molar-refractivity contribution in [3.05, 3.63) is 58.9 Å². The summed E-state index contributed by atoms with van der Waals surface area (Å²) in [5.41, 5.74) is 9.99. The second-order valence-electron chi connectivity index (χ2n) is 4.91. The number of nitrogens with two attached hydrogens (primary N) is 1. The fourth-order valence-corrected chi connectivity index (χ4v) is 2.08. The lowest BCUT2D eigenvalue weighted by atomic mass is 10.1. The summed E-state index contributed by atoms with van der Waals surface area (Å²) < 4.78 is 0. The van der Waals surface area contributed by atoms with Crippen LogP contribution in [-0.2, 0) is 6.54 Å². The number of aromatic nitrogens is 1. The summed E-state index contributed by atoms with van der Waals surface area (Å²) in [6, 6.07) is 9.60. The van der Waals surface area contributed by atoms with Crippen LogP contribution in [0.2, 0.25) is 0 Å². The molecule has 4 nitrogen and oxygen atoms in total. The van der Waals surface area contributed by atoms with Gasteiger partial charge in [0.1, 0.15) is 5.69 Å². The Bertz CT molecular complexity index is 637. The molecule has 1 heterocycles. The van der Waals surface area contributed by atoms with Crippen molar-refractivity contribution in [2.24, 2.45) is 5.73 Å². The molecule has 0 spiro atoms. The van der Waals surface area contributed by atoms with E-state index >= 15 is 0 Å². The molecule has 0 atom stereocenters. The smallest absolute Gasteiger partial charge is 0.276 e. The van der Waals surface area contributed by atoms with Crippen LogP contribution in [-0.4, -0.2) is 17.9 Å². The first-order valence-corrected chi connectivity index (χ1v) is 6.53. The van der Waals surface area contributed by atoms with E-state index in [1.807, 2.05) is 38.1 Å². The van der Waals surface area contributed by atoms with E-state index in [4.69, 9.17) is 5.73 Å². The molecule has 0 aliphatic rings. The van der Waals surface area contributed by atoms with Crippen molar-refractivity contribution < 1.29 is 4.79 Å². The monoisotopic (exact) mass is 269 g/mol. The van der Waals surface area contributed by atoms with Crippen molar-refractivity contribution >= 4 is 11.6 Å². The van der Waals surface area contributed by atoms with Crippen LogP contribution >= 0.6 is 0 Å². The van der Waals surface area contributed by atoms with Crippen LogP contribution in [0.25, 0.3) is 0 Å². The molecule has 2 N–H and O–H groups in total. The molecule has 0 bridgehead atoms. The van der Waals surface area contributed by atoms with Crippen LogP contribution in [0.3, 0.4) is 0 Å². The minimum Gasteiger partial charge on any atom is -0.326 e. The number of benzene rings is 1. The maximum atomic E-state index is 12.5. The van der Waals surface area contributed by atoms with Gasteiger partial charge in [-0.25, -0.2) is 0 Å². The molecule has 0 radical (unpaired) electrons. The molecule has 0 saturated carbocycles. The highest BCUT2D eigenvalue weighted by Gasteiger charge is 2.16. The molecule has 0 fully saturated rings. The van der Waals surface area contributed by atoms with Crippen LogP contribution in [0.1, 0.15) is 27.2 Å². The van der Waals surface area contributed by atoms with Gasteiger partial charge in [-0.15, -0.1) is 0 Å². The first-order valence-electron chi connectivity index (χ1n) is 6.53. The molecule has 20 heavy (non-hydrogen) atoms. The second-order valence-corrected chi connectivity index (χ2v) is 4.91. The number of aryl methyl sites for hydroxylation is 2. The Morgan fingerprint density at radius 1 is 1.25 bits per heavy atom. The number of hydrogen-bond acceptors (Lipinski definition) is 3. The third-order valence-corrected chi connectivity index (χ3v) is 3.31. The van der Waals surface area contributed by atoms with Gasteiger partial charge < -0.3 is 10.6 Å². The van der Waals surface area contributed by atoms with Crippen molar-refractivity contribution in [3.8, 4) is 0 Å². The molecular formula is C16H19N3O. The summed E-state index contributed by atoms with van der Waals surface area (Å²) in [5.74, 6) is -0.131. The van der Waals surface area contributed by atoms with Crippen LogP contribution < -0.4 is 10.6 Å². The minimum atomic E-state index is -0.131. The molecule has 4 heteroatoms. The summed E-state index contributed by atoms with van der Waals surface area (Å²) in [4.78, 5) is 18.3. The van der Waals surface area contributed by atoms with Crippen molar-refractivity contribution in [1.29, 1.82) is 0 Å². The molecular weight excluding hydrogens is 250 g/mol. The molecule has 2 aromatic rings. The maximum absolute atomic E-state index is 12.5. The highest BCUT2D eigenvalue weighted by Crippen LogP contribution is 2.21. The van der Waals surface area contributed by atoms with Crippen molar-refractivity contribution in [3.63, 3.8) is 0 Å². The summed E-state index contributed by atoms with van der Waals surface area (Å²) in [5, 5.41) is 0. The lowest BCUT2D eigenvalue weighted by Gasteiger charge is -2.20. The normalized spacial score (nSPS) is 10.4. The Kier molecular flexibility index (Phi) is 4.15. The van der Waals surface area contributed by atoms with Gasteiger partial charge in [0.25, 0.3) is 5.91 Å².